The minimum Gasteiger partial charge on any atom is -0.508 e. The van der Waals surface area contributed by atoms with E-state index in [9.17, 15) is 5.11 Å². The van der Waals surface area contributed by atoms with E-state index >= 15 is 0 Å². The Labute approximate surface area is 84.4 Å². The molecule has 0 aromatic heterocycles. The summed E-state index contributed by atoms with van der Waals surface area (Å²) in [5, 5.41) is 12.7. The number of aromatic hydroxyl groups is 1. The van der Waals surface area contributed by atoms with Crippen LogP contribution in [0.25, 0.3) is 0 Å². The van der Waals surface area contributed by atoms with Gasteiger partial charge in [0.1, 0.15) is 5.75 Å². The number of nitrogens with one attached hydrogen (secondary N) is 1. The lowest BCUT2D eigenvalue weighted by molar-refractivity contribution is 0.299. The number of hydrogen-bond donors (Lipinski definition) is 2. The quantitative estimate of drug-likeness (QED) is 0.658. The molecule has 1 aliphatic heterocycles. The van der Waals surface area contributed by atoms with E-state index in [0.717, 1.165) is 18.7 Å². The third kappa shape index (κ3) is 1.68. The predicted octanol–water partition coefficient (Wildman–Crippen LogP) is 1.29. The van der Waals surface area contributed by atoms with Gasteiger partial charge in [0.15, 0.2) is 0 Å². The van der Waals surface area contributed by atoms with Crippen molar-refractivity contribution in [2.45, 2.75) is 12.5 Å². The Balaban J connectivity index is 2.24. The summed E-state index contributed by atoms with van der Waals surface area (Å²) in [5.41, 5.74) is 2.36. The van der Waals surface area contributed by atoms with E-state index in [1.807, 2.05) is 12.1 Å². The van der Waals surface area contributed by atoms with Crippen LogP contribution in [0.5, 0.6) is 5.75 Å². The smallest absolute Gasteiger partial charge is 0.116 e. The van der Waals surface area contributed by atoms with Gasteiger partial charge in [0, 0.05) is 18.3 Å². The molecule has 14 heavy (non-hydrogen) atoms. The normalized spacial score (nSPS) is 20.4. The maximum Gasteiger partial charge on any atom is 0.116 e. The largest absolute Gasteiger partial charge is 0.508 e. The number of phenolic OH excluding ortho intramolecular Hbond substituents is 1. The summed E-state index contributed by atoms with van der Waals surface area (Å²) in [6, 6.07) is 6.03. The summed E-state index contributed by atoms with van der Waals surface area (Å²) in [5.74, 6) is 0.352. The van der Waals surface area contributed by atoms with Crippen LogP contribution in [0.2, 0.25) is 0 Å². The molecule has 76 valence electrons. The molecule has 1 aliphatic rings. The Bertz CT molecular complexity index is 336. The molecule has 0 radical (unpaired) electrons. The number of likely N-dealkylation sites (N-methyl/N-ethyl adjacent to an activating group) is 1. The minimum atomic E-state index is 0.352. The van der Waals surface area contributed by atoms with Crippen LogP contribution in [0.1, 0.15) is 5.56 Å². The maximum absolute atomic E-state index is 9.37. The van der Waals surface area contributed by atoms with Crippen LogP contribution in [0, 0.1) is 0 Å². The molecule has 1 heterocycles. The topological polar surface area (TPSA) is 35.5 Å². The van der Waals surface area contributed by atoms with Crippen molar-refractivity contribution in [2.75, 3.05) is 26.0 Å². The van der Waals surface area contributed by atoms with Gasteiger partial charge in [0.25, 0.3) is 0 Å². The minimum absolute atomic E-state index is 0.352. The molecule has 2 N–H and O–H groups in total. The van der Waals surface area contributed by atoms with Crippen molar-refractivity contribution in [3.63, 3.8) is 0 Å². The third-order valence-corrected chi connectivity index (χ3v) is 2.80. The number of benzene rings is 1. The number of fused-ring (bicyclic) bond motifs is 1. The molecule has 2 rings (SSSR count). The first-order valence-corrected chi connectivity index (χ1v) is 4.89. The van der Waals surface area contributed by atoms with Gasteiger partial charge in [-0.3, -0.25) is 0 Å². The van der Waals surface area contributed by atoms with Gasteiger partial charge in [-0.2, -0.15) is 0 Å². The average Bonchev–Trinajstić information content (AvgIpc) is 2.16. The van der Waals surface area contributed by atoms with E-state index in [2.05, 4.69) is 24.3 Å². The molecule has 3 nitrogen and oxygen atoms in total. The predicted molar refractivity (Wildman–Crippen MR) is 57.8 cm³/mol. The van der Waals surface area contributed by atoms with Gasteiger partial charge in [-0.25, -0.2) is 0 Å². The SMILES string of the molecule is CN(C)C1CNc2ccc(O)cc2C1. The molecule has 0 amide bonds. The van der Waals surface area contributed by atoms with Gasteiger partial charge in [-0.15, -0.1) is 0 Å². The lowest BCUT2D eigenvalue weighted by Crippen LogP contribution is -2.39. The lowest BCUT2D eigenvalue weighted by atomic mass is 9.99. The van der Waals surface area contributed by atoms with Crippen LogP contribution in [0.3, 0.4) is 0 Å². The summed E-state index contributed by atoms with van der Waals surface area (Å²) < 4.78 is 0. The molecule has 1 aromatic rings. The number of anilines is 1. The van der Waals surface area contributed by atoms with Gasteiger partial charge in [0.2, 0.25) is 0 Å². The first-order valence-electron chi connectivity index (χ1n) is 4.89. The van der Waals surface area contributed by atoms with Crippen LogP contribution in [-0.4, -0.2) is 36.7 Å². The highest BCUT2D eigenvalue weighted by atomic mass is 16.3. The Hall–Kier alpha value is -1.22. The Morgan fingerprint density at radius 3 is 2.93 bits per heavy atom. The fourth-order valence-electron chi connectivity index (χ4n) is 1.84. The van der Waals surface area contributed by atoms with Gasteiger partial charge >= 0.3 is 0 Å². The van der Waals surface area contributed by atoms with Gasteiger partial charge < -0.3 is 15.3 Å². The van der Waals surface area contributed by atoms with Gasteiger partial charge in [0.05, 0.1) is 0 Å². The van der Waals surface area contributed by atoms with E-state index in [0.29, 0.717) is 11.8 Å². The number of rotatable bonds is 1. The summed E-state index contributed by atoms with van der Waals surface area (Å²) >= 11 is 0. The summed E-state index contributed by atoms with van der Waals surface area (Å²) in [7, 11) is 4.17. The zero-order valence-electron chi connectivity index (χ0n) is 8.62. The Kier molecular flexibility index (Phi) is 2.33. The summed E-state index contributed by atoms with van der Waals surface area (Å²) in [6.45, 7) is 0.977. The maximum atomic E-state index is 9.37. The van der Waals surface area contributed by atoms with E-state index in [4.69, 9.17) is 0 Å². The van der Waals surface area contributed by atoms with Crippen LogP contribution in [0.4, 0.5) is 5.69 Å². The molecule has 0 saturated carbocycles. The highest BCUT2D eigenvalue weighted by Crippen LogP contribution is 2.26. The van der Waals surface area contributed by atoms with Crippen molar-refractivity contribution in [3.05, 3.63) is 23.8 Å². The second-order valence-corrected chi connectivity index (χ2v) is 4.04. The molecular formula is C11H16N2O. The van der Waals surface area contributed by atoms with Crippen molar-refractivity contribution in [3.8, 4) is 5.75 Å². The van der Waals surface area contributed by atoms with Crippen molar-refractivity contribution >= 4 is 5.69 Å². The van der Waals surface area contributed by atoms with Crippen LogP contribution in [-0.2, 0) is 6.42 Å². The van der Waals surface area contributed by atoms with E-state index < -0.39 is 0 Å². The zero-order valence-corrected chi connectivity index (χ0v) is 8.62. The van der Waals surface area contributed by atoms with E-state index in [-0.39, 0.29) is 0 Å². The number of nitrogens with zero attached hydrogens (tertiary/aromatic N) is 1. The molecule has 3 heteroatoms. The first kappa shape index (κ1) is 9.34. The molecule has 0 fully saturated rings. The summed E-state index contributed by atoms with van der Waals surface area (Å²) in [6.07, 6.45) is 1.00. The highest BCUT2D eigenvalue weighted by molar-refractivity contribution is 5.56. The van der Waals surface area contributed by atoms with Crippen molar-refractivity contribution in [2.24, 2.45) is 0 Å². The Morgan fingerprint density at radius 1 is 1.43 bits per heavy atom. The summed E-state index contributed by atoms with van der Waals surface area (Å²) in [4.78, 5) is 2.21. The first-order chi connectivity index (χ1) is 6.66. The molecular weight excluding hydrogens is 176 g/mol. The standard InChI is InChI=1S/C11H16N2O/c1-13(2)9-5-8-6-10(14)3-4-11(8)12-7-9/h3-4,6,9,12,14H,5,7H2,1-2H3. The van der Waals surface area contributed by atoms with Crippen LogP contribution in [0.15, 0.2) is 18.2 Å². The van der Waals surface area contributed by atoms with Crippen LogP contribution < -0.4 is 5.32 Å². The second kappa shape index (κ2) is 3.50. The van der Waals surface area contributed by atoms with Crippen molar-refractivity contribution in [1.29, 1.82) is 0 Å². The molecule has 0 bridgehead atoms. The molecule has 1 unspecified atom stereocenters. The fraction of sp³-hybridized carbons (Fsp3) is 0.455. The van der Waals surface area contributed by atoms with E-state index in [1.165, 1.54) is 5.56 Å². The molecule has 1 aromatic carbocycles. The van der Waals surface area contributed by atoms with Gasteiger partial charge in [-0.1, -0.05) is 0 Å². The van der Waals surface area contributed by atoms with Crippen molar-refractivity contribution in [1.82, 2.24) is 4.90 Å². The molecule has 0 spiro atoms. The zero-order chi connectivity index (χ0) is 10.1. The fourth-order valence-corrected chi connectivity index (χ4v) is 1.84. The monoisotopic (exact) mass is 192 g/mol. The second-order valence-electron chi connectivity index (χ2n) is 4.04. The third-order valence-electron chi connectivity index (χ3n) is 2.80. The molecule has 0 aliphatic carbocycles. The highest BCUT2D eigenvalue weighted by Gasteiger charge is 2.19. The average molecular weight is 192 g/mol. The lowest BCUT2D eigenvalue weighted by Gasteiger charge is -2.30. The van der Waals surface area contributed by atoms with E-state index in [1.54, 1.807) is 6.07 Å². The van der Waals surface area contributed by atoms with Crippen molar-refractivity contribution < 1.29 is 5.11 Å². The molecule has 1 atom stereocenters. The number of phenols is 1. The van der Waals surface area contributed by atoms with Crippen LogP contribution >= 0.6 is 0 Å². The van der Waals surface area contributed by atoms with Gasteiger partial charge in [-0.05, 0) is 44.3 Å². The molecule has 0 saturated heterocycles. The Morgan fingerprint density at radius 2 is 2.21 bits per heavy atom. The number of hydrogen-bond acceptors (Lipinski definition) is 3.